The number of carbonyl (C=O) groups excluding carboxylic acids is 1. The number of halogens is 3. The lowest BCUT2D eigenvalue weighted by Gasteiger charge is -2.23. The standard InChI is InChI=1S/C15H19F3N6O/c16-15(17,18)12-1-2-19-14(22-12)24-7-10-5-23(6-11(10)8-24)13(25)9-3-20-21-4-9/h1-2,9-11,20-21H,3-8H2. The van der Waals surface area contributed by atoms with Gasteiger partial charge in [-0.15, -0.1) is 0 Å². The highest BCUT2D eigenvalue weighted by Gasteiger charge is 2.44. The number of fused-ring (bicyclic) bond motifs is 1. The number of nitrogens with zero attached hydrogens (tertiary/aromatic N) is 4. The number of alkyl halides is 3. The van der Waals surface area contributed by atoms with Crippen molar-refractivity contribution in [3.63, 3.8) is 0 Å². The summed E-state index contributed by atoms with van der Waals surface area (Å²) in [7, 11) is 0. The predicted molar refractivity (Wildman–Crippen MR) is 82.3 cm³/mol. The molecule has 2 atom stereocenters. The van der Waals surface area contributed by atoms with E-state index >= 15 is 0 Å². The molecule has 0 radical (unpaired) electrons. The lowest BCUT2D eigenvalue weighted by molar-refractivity contribution is -0.141. The number of rotatable bonds is 2. The summed E-state index contributed by atoms with van der Waals surface area (Å²) in [6, 6.07) is 0.879. The third-order valence-corrected chi connectivity index (χ3v) is 5.19. The fraction of sp³-hybridized carbons (Fsp3) is 0.667. The molecule has 4 rings (SSSR count). The average Bonchev–Trinajstić information content (AvgIpc) is 3.29. The molecule has 0 aromatic carbocycles. The van der Waals surface area contributed by atoms with Crippen molar-refractivity contribution in [3.8, 4) is 0 Å². The number of likely N-dealkylation sites (tertiary alicyclic amines) is 1. The fourth-order valence-electron chi connectivity index (χ4n) is 3.89. The molecule has 0 spiro atoms. The molecule has 4 heterocycles. The van der Waals surface area contributed by atoms with Crippen LogP contribution in [0.5, 0.6) is 0 Å². The van der Waals surface area contributed by atoms with E-state index in [0.717, 1.165) is 12.3 Å². The zero-order chi connectivity index (χ0) is 17.6. The monoisotopic (exact) mass is 356 g/mol. The van der Waals surface area contributed by atoms with Gasteiger partial charge in [-0.25, -0.2) is 9.97 Å². The van der Waals surface area contributed by atoms with Crippen LogP contribution >= 0.6 is 0 Å². The number of anilines is 1. The third-order valence-electron chi connectivity index (χ3n) is 5.19. The summed E-state index contributed by atoms with van der Waals surface area (Å²) in [5, 5.41) is 0. The zero-order valence-corrected chi connectivity index (χ0v) is 13.5. The SMILES string of the molecule is O=C(C1CNNC1)N1CC2CN(c3nccc(C(F)(F)F)n3)CC2C1. The summed E-state index contributed by atoms with van der Waals surface area (Å²) in [6.07, 6.45) is -3.32. The second kappa shape index (κ2) is 6.10. The van der Waals surface area contributed by atoms with Crippen molar-refractivity contribution < 1.29 is 18.0 Å². The molecule has 0 bridgehead atoms. The Balaban J connectivity index is 1.40. The minimum Gasteiger partial charge on any atom is -0.342 e. The molecule has 25 heavy (non-hydrogen) atoms. The van der Waals surface area contributed by atoms with E-state index in [1.807, 2.05) is 4.90 Å². The van der Waals surface area contributed by atoms with Crippen LogP contribution in [0.15, 0.2) is 12.3 Å². The number of carbonyl (C=O) groups is 1. The largest absolute Gasteiger partial charge is 0.433 e. The minimum atomic E-state index is -4.47. The molecule has 1 aromatic rings. The van der Waals surface area contributed by atoms with Gasteiger partial charge >= 0.3 is 6.18 Å². The van der Waals surface area contributed by atoms with Crippen molar-refractivity contribution in [1.82, 2.24) is 25.7 Å². The smallest absolute Gasteiger partial charge is 0.342 e. The molecule has 0 aliphatic carbocycles. The van der Waals surface area contributed by atoms with E-state index in [1.54, 1.807) is 4.90 Å². The minimum absolute atomic E-state index is 0.0401. The number of aromatic nitrogens is 2. The Morgan fingerprint density at radius 1 is 1.12 bits per heavy atom. The van der Waals surface area contributed by atoms with Crippen molar-refractivity contribution in [3.05, 3.63) is 18.0 Å². The van der Waals surface area contributed by atoms with Crippen LogP contribution in [-0.4, -0.2) is 60.0 Å². The second-order valence-electron chi connectivity index (χ2n) is 6.87. The van der Waals surface area contributed by atoms with Gasteiger partial charge in [0.2, 0.25) is 11.9 Å². The Hall–Kier alpha value is -1.94. The Kier molecular flexibility index (Phi) is 4.03. The second-order valence-corrected chi connectivity index (χ2v) is 6.87. The van der Waals surface area contributed by atoms with Gasteiger partial charge in [-0.2, -0.15) is 13.2 Å². The van der Waals surface area contributed by atoms with Gasteiger partial charge in [-0.1, -0.05) is 0 Å². The molecular formula is C15H19F3N6O. The van der Waals surface area contributed by atoms with Gasteiger partial charge in [0.1, 0.15) is 5.69 Å². The predicted octanol–water partition coefficient (Wildman–Crippen LogP) is 0.114. The molecule has 3 fully saturated rings. The Bertz CT molecular complexity index is 649. The van der Waals surface area contributed by atoms with Gasteiger partial charge < -0.3 is 9.80 Å². The van der Waals surface area contributed by atoms with Gasteiger partial charge in [0.15, 0.2) is 0 Å². The van der Waals surface area contributed by atoms with Crippen molar-refractivity contribution in [2.75, 3.05) is 44.2 Å². The number of hydrazine groups is 1. The lowest BCUT2D eigenvalue weighted by atomic mass is 10.0. The van der Waals surface area contributed by atoms with Crippen molar-refractivity contribution in [1.29, 1.82) is 0 Å². The first-order valence-electron chi connectivity index (χ1n) is 8.31. The molecule has 3 aliphatic heterocycles. The van der Waals surface area contributed by atoms with Crippen LogP contribution in [0.25, 0.3) is 0 Å². The maximum absolute atomic E-state index is 12.8. The third kappa shape index (κ3) is 3.15. The van der Waals surface area contributed by atoms with E-state index in [9.17, 15) is 18.0 Å². The zero-order valence-electron chi connectivity index (χ0n) is 13.5. The van der Waals surface area contributed by atoms with Crippen LogP contribution < -0.4 is 15.8 Å². The first kappa shape index (κ1) is 16.5. The Morgan fingerprint density at radius 2 is 1.76 bits per heavy atom. The van der Waals surface area contributed by atoms with Crippen molar-refractivity contribution in [2.24, 2.45) is 17.8 Å². The molecule has 0 saturated carbocycles. The first-order valence-corrected chi connectivity index (χ1v) is 8.31. The Morgan fingerprint density at radius 3 is 2.36 bits per heavy atom. The summed E-state index contributed by atoms with van der Waals surface area (Å²) in [5.41, 5.74) is 4.99. The molecular weight excluding hydrogens is 337 g/mol. The van der Waals surface area contributed by atoms with E-state index < -0.39 is 11.9 Å². The van der Waals surface area contributed by atoms with Crippen LogP contribution in [0.3, 0.4) is 0 Å². The average molecular weight is 356 g/mol. The molecule has 1 amide bonds. The summed E-state index contributed by atoms with van der Waals surface area (Å²) < 4.78 is 38.4. The summed E-state index contributed by atoms with van der Waals surface area (Å²) >= 11 is 0. The molecule has 2 unspecified atom stereocenters. The van der Waals surface area contributed by atoms with Crippen LogP contribution in [0, 0.1) is 17.8 Å². The first-order chi connectivity index (χ1) is 11.9. The maximum Gasteiger partial charge on any atom is 0.433 e. The molecule has 7 nitrogen and oxygen atoms in total. The highest BCUT2D eigenvalue weighted by Crippen LogP contribution is 2.34. The van der Waals surface area contributed by atoms with Gasteiger partial charge in [0.25, 0.3) is 0 Å². The number of hydrogen-bond acceptors (Lipinski definition) is 6. The van der Waals surface area contributed by atoms with Gasteiger partial charge in [0.05, 0.1) is 5.92 Å². The van der Waals surface area contributed by atoms with E-state index in [0.29, 0.717) is 39.3 Å². The summed E-state index contributed by atoms with van der Waals surface area (Å²) in [6.45, 7) is 3.72. The van der Waals surface area contributed by atoms with E-state index in [-0.39, 0.29) is 29.6 Å². The van der Waals surface area contributed by atoms with Gasteiger partial charge in [0, 0.05) is 57.3 Å². The number of hydrogen-bond donors (Lipinski definition) is 2. The molecule has 3 aliphatic rings. The normalized spacial score (nSPS) is 27.2. The van der Waals surface area contributed by atoms with Crippen molar-refractivity contribution in [2.45, 2.75) is 6.18 Å². The van der Waals surface area contributed by atoms with E-state index in [1.165, 1.54) is 0 Å². The number of amides is 1. The molecule has 10 heteroatoms. The Labute approximate surface area is 142 Å². The van der Waals surface area contributed by atoms with E-state index in [2.05, 4.69) is 20.8 Å². The lowest BCUT2D eigenvalue weighted by Crippen LogP contribution is -2.39. The molecule has 2 N–H and O–H groups in total. The van der Waals surface area contributed by atoms with Gasteiger partial charge in [-0.05, 0) is 6.07 Å². The quantitative estimate of drug-likeness (QED) is 0.784. The molecule has 136 valence electrons. The van der Waals surface area contributed by atoms with Crippen LogP contribution in [-0.2, 0) is 11.0 Å². The highest BCUT2D eigenvalue weighted by molar-refractivity contribution is 5.80. The maximum atomic E-state index is 12.8. The number of nitrogens with one attached hydrogen (secondary N) is 2. The van der Waals surface area contributed by atoms with Crippen LogP contribution in [0.4, 0.5) is 19.1 Å². The van der Waals surface area contributed by atoms with E-state index in [4.69, 9.17) is 0 Å². The fourth-order valence-corrected chi connectivity index (χ4v) is 3.89. The highest BCUT2D eigenvalue weighted by atomic mass is 19.4. The van der Waals surface area contributed by atoms with Crippen LogP contribution in [0.1, 0.15) is 5.69 Å². The molecule has 1 aromatic heterocycles. The summed E-state index contributed by atoms with van der Waals surface area (Å²) in [5.74, 6) is 0.732. The topological polar surface area (TPSA) is 73.4 Å². The van der Waals surface area contributed by atoms with Crippen molar-refractivity contribution >= 4 is 11.9 Å². The van der Waals surface area contributed by atoms with Gasteiger partial charge in [-0.3, -0.25) is 15.6 Å². The molecule has 3 saturated heterocycles. The van der Waals surface area contributed by atoms with Crippen LogP contribution in [0.2, 0.25) is 0 Å². The summed E-state index contributed by atoms with van der Waals surface area (Å²) in [4.78, 5) is 23.8.